The molecule has 170 valence electrons. The van der Waals surface area contributed by atoms with Crippen molar-refractivity contribution < 1.29 is 46.7 Å². The van der Waals surface area contributed by atoms with Crippen molar-refractivity contribution in [3.05, 3.63) is 0 Å². The first kappa shape index (κ1) is 32.1. The average molecular weight is 443 g/mol. The molecule has 0 rings (SSSR count). The number of rotatable bonds is 22. The second-order valence-corrected chi connectivity index (χ2v) is 9.49. The fraction of sp³-hybridized carbons (Fsp3) is 1.00. The van der Waals surface area contributed by atoms with E-state index in [2.05, 4.69) is 18.0 Å². The summed E-state index contributed by atoms with van der Waals surface area (Å²) in [4.78, 5) is 0. The van der Waals surface area contributed by atoms with Crippen molar-refractivity contribution >= 4 is 10.4 Å². The molecule has 0 fully saturated rings. The first-order valence-electron chi connectivity index (χ1n) is 12.1. The summed E-state index contributed by atoms with van der Waals surface area (Å²) in [5.74, 6) is 0.202. The molecule has 0 aromatic rings. The molecule has 0 spiro atoms. The molecule has 6 heteroatoms. The van der Waals surface area contributed by atoms with Crippen molar-refractivity contribution in [3.8, 4) is 0 Å². The van der Waals surface area contributed by atoms with Crippen LogP contribution in [0.25, 0.3) is 0 Å². The second-order valence-electron chi connectivity index (χ2n) is 8.44. The van der Waals surface area contributed by atoms with Crippen LogP contribution >= 0.6 is 0 Å². The molecule has 0 bridgehead atoms. The fourth-order valence-electron chi connectivity index (χ4n) is 3.80. The fourth-order valence-corrected chi connectivity index (χ4v) is 4.16. The van der Waals surface area contributed by atoms with Crippen molar-refractivity contribution in [2.24, 2.45) is 5.92 Å². The first-order chi connectivity index (χ1) is 13.5. The second kappa shape index (κ2) is 23.5. The van der Waals surface area contributed by atoms with Crippen molar-refractivity contribution in [2.75, 3.05) is 6.61 Å². The molecule has 0 aromatic heterocycles. The molecular weight excluding hydrogens is 395 g/mol. The van der Waals surface area contributed by atoms with Gasteiger partial charge in [0.1, 0.15) is 0 Å². The van der Waals surface area contributed by atoms with Gasteiger partial charge in [-0.3, -0.25) is 4.18 Å². The van der Waals surface area contributed by atoms with E-state index in [1.807, 2.05) is 0 Å². The SMILES string of the molecule is CCCCCCCCCCCCCCCC(CCCCCC)COS(=O)(=O)[O-].[Na+]. The van der Waals surface area contributed by atoms with Crippen LogP contribution in [0.5, 0.6) is 0 Å². The van der Waals surface area contributed by atoms with Crippen LogP contribution in [-0.4, -0.2) is 19.6 Å². The van der Waals surface area contributed by atoms with Gasteiger partial charge < -0.3 is 4.55 Å². The summed E-state index contributed by atoms with van der Waals surface area (Å²) in [6.07, 6.45) is 23.9. The molecular formula is C23H47NaO4S. The van der Waals surface area contributed by atoms with Crippen molar-refractivity contribution in [1.82, 2.24) is 0 Å². The topological polar surface area (TPSA) is 66.4 Å². The van der Waals surface area contributed by atoms with Crippen molar-refractivity contribution in [2.45, 2.75) is 136 Å². The third kappa shape index (κ3) is 26.8. The first-order valence-corrected chi connectivity index (χ1v) is 13.4. The molecule has 0 saturated carbocycles. The molecule has 1 atom stereocenters. The van der Waals surface area contributed by atoms with Gasteiger partial charge in [0.15, 0.2) is 0 Å². The Morgan fingerprint density at radius 2 is 0.931 bits per heavy atom. The zero-order valence-electron chi connectivity index (χ0n) is 19.8. The van der Waals surface area contributed by atoms with Crippen LogP contribution in [0, 0.1) is 5.92 Å². The Balaban J connectivity index is 0. The monoisotopic (exact) mass is 442 g/mol. The van der Waals surface area contributed by atoms with Crippen molar-refractivity contribution in [3.63, 3.8) is 0 Å². The molecule has 0 aliphatic carbocycles. The van der Waals surface area contributed by atoms with E-state index >= 15 is 0 Å². The molecule has 0 aliphatic rings. The van der Waals surface area contributed by atoms with E-state index in [4.69, 9.17) is 0 Å². The van der Waals surface area contributed by atoms with Gasteiger partial charge in [-0.05, 0) is 18.8 Å². The Morgan fingerprint density at radius 3 is 1.28 bits per heavy atom. The molecule has 0 aliphatic heterocycles. The van der Waals surface area contributed by atoms with E-state index in [1.165, 1.54) is 96.3 Å². The molecule has 1 unspecified atom stereocenters. The zero-order valence-corrected chi connectivity index (χ0v) is 22.6. The molecule has 0 saturated heterocycles. The standard InChI is InChI=1S/C23H48O4S.Na/c1-3-5-7-9-10-11-12-13-14-15-16-17-19-21-23(20-18-8-6-4-2)22-27-28(24,25)26;/h23H,3-22H2,1-2H3,(H,24,25,26);/q;+1/p-1. The van der Waals surface area contributed by atoms with Gasteiger partial charge in [-0.1, -0.05) is 123 Å². The maximum atomic E-state index is 10.7. The zero-order chi connectivity index (χ0) is 20.9. The Hall–Kier alpha value is 0.870. The van der Waals surface area contributed by atoms with Gasteiger partial charge in [0.2, 0.25) is 10.4 Å². The molecule has 0 amide bonds. The largest absolute Gasteiger partial charge is 1.00 e. The third-order valence-corrected chi connectivity index (χ3v) is 6.05. The minimum atomic E-state index is -4.56. The van der Waals surface area contributed by atoms with E-state index in [0.29, 0.717) is 0 Å². The van der Waals surface area contributed by atoms with E-state index in [1.54, 1.807) is 0 Å². The maximum Gasteiger partial charge on any atom is 1.00 e. The normalized spacial score (nSPS) is 12.7. The van der Waals surface area contributed by atoms with Gasteiger partial charge in [-0.2, -0.15) is 0 Å². The minimum Gasteiger partial charge on any atom is -0.726 e. The molecule has 0 aromatic carbocycles. The van der Waals surface area contributed by atoms with Gasteiger partial charge in [-0.25, -0.2) is 8.42 Å². The number of unbranched alkanes of at least 4 members (excludes halogenated alkanes) is 15. The van der Waals surface area contributed by atoms with Gasteiger partial charge in [0, 0.05) is 0 Å². The molecule has 0 N–H and O–H groups in total. The molecule has 29 heavy (non-hydrogen) atoms. The van der Waals surface area contributed by atoms with Gasteiger partial charge in [0.05, 0.1) is 6.61 Å². The summed E-state index contributed by atoms with van der Waals surface area (Å²) >= 11 is 0. The molecule has 0 heterocycles. The van der Waals surface area contributed by atoms with E-state index < -0.39 is 10.4 Å². The van der Waals surface area contributed by atoms with E-state index in [0.717, 1.165) is 25.7 Å². The number of hydrogen-bond acceptors (Lipinski definition) is 4. The van der Waals surface area contributed by atoms with E-state index in [9.17, 15) is 13.0 Å². The Bertz CT molecular complexity index is 415. The average Bonchev–Trinajstić information content (AvgIpc) is 2.65. The predicted molar refractivity (Wildman–Crippen MR) is 118 cm³/mol. The summed E-state index contributed by atoms with van der Waals surface area (Å²) in [5, 5.41) is 0. The molecule has 0 radical (unpaired) electrons. The van der Waals surface area contributed by atoms with Gasteiger partial charge in [-0.15, -0.1) is 0 Å². The summed E-state index contributed by atoms with van der Waals surface area (Å²) in [6, 6.07) is 0. The predicted octanol–water partition coefficient (Wildman–Crippen LogP) is 4.54. The Labute approximate surface area is 204 Å². The van der Waals surface area contributed by atoms with Crippen LogP contribution in [0.1, 0.15) is 136 Å². The summed E-state index contributed by atoms with van der Waals surface area (Å²) in [6.45, 7) is 4.51. The summed E-state index contributed by atoms with van der Waals surface area (Å²) in [7, 11) is -4.56. The third-order valence-electron chi connectivity index (χ3n) is 5.63. The van der Waals surface area contributed by atoms with Gasteiger partial charge >= 0.3 is 29.6 Å². The van der Waals surface area contributed by atoms with Crippen molar-refractivity contribution in [1.29, 1.82) is 0 Å². The maximum absolute atomic E-state index is 10.7. The van der Waals surface area contributed by atoms with Crippen LogP contribution in [-0.2, 0) is 14.6 Å². The van der Waals surface area contributed by atoms with Crippen LogP contribution in [0.15, 0.2) is 0 Å². The van der Waals surface area contributed by atoms with E-state index in [-0.39, 0.29) is 42.1 Å². The van der Waals surface area contributed by atoms with Crippen LogP contribution in [0.4, 0.5) is 0 Å². The Kier molecular flexibility index (Phi) is 26.0. The summed E-state index contributed by atoms with van der Waals surface area (Å²) < 4.78 is 36.7. The Morgan fingerprint density at radius 1 is 0.621 bits per heavy atom. The quantitative estimate of drug-likeness (QED) is 0.107. The van der Waals surface area contributed by atoms with Crippen LogP contribution < -0.4 is 29.6 Å². The number of hydrogen-bond donors (Lipinski definition) is 0. The minimum absolute atomic E-state index is 0. The summed E-state index contributed by atoms with van der Waals surface area (Å²) in [5.41, 5.74) is 0. The smallest absolute Gasteiger partial charge is 0.726 e. The van der Waals surface area contributed by atoms with Crippen LogP contribution in [0.3, 0.4) is 0 Å². The van der Waals surface area contributed by atoms with Crippen LogP contribution in [0.2, 0.25) is 0 Å². The molecule has 4 nitrogen and oxygen atoms in total. The van der Waals surface area contributed by atoms with Gasteiger partial charge in [0.25, 0.3) is 0 Å².